The Morgan fingerprint density at radius 3 is 2.14 bits per heavy atom. The zero-order chi connectivity index (χ0) is 15.2. The van der Waals surface area contributed by atoms with Gasteiger partial charge in [-0.25, -0.2) is 9.18 Å². The largest absolute Gasteiger partial charge is 0.334 e. The third kappa shape index (κ3) is 4.92. The van der Waals surface area contributed by atoms with Gasteiger partial charge in [0, 0.05) is 18.1 Å². The molecule has 2 N–H and O–H groups in total. The summed E-state index contributed by atoms with van der Waals surface area (Å²) in [4.78, 5) is 11.7. The predicted molar refractivity (Wildman–Crippen MR) is 81.9 cm³/mol. The summed E-state index contributed by atoms with van der Waals surface area (Å²) in [6, 6.07) is 11.2. The molecule has 110 valence electrons. The fourth-order valence-electron chi connectivity index (χ4n) is 1.68. The molecular formula is C15H13Cl2FN2O. The molecule has 6 heteroatoms. The summed E-state index contributed by atoms with van der Waals surface area (Å²) >= 11 is 11.4. The third-order valence-corrected chi connectivity index (χ3v) is 3.35. The zero-order valence-corrected chi connectivity index (χ0v) is 12.5. The van der Waals surface area contributed by atoms with Crippen LogP contribution < -0.4 is 10.6 Å². The van der Waals surface area contributed by atoms with Gasteiger partial charge in [-0.1, -0.05) is 41.4 Å². The number of urea groups is 1. The lowest BCUT2D eigenvalue weighted by Crippen LogP contribution is -2.34. The number of amides is 2. The summed E-state index contributed by atoms with van der Waals surface area (Å²) in [7, 11) is 0. The summed E-state index contributed by atoms with van der Waals surface area (Å²) < 4.78 is 13.0. The highest BCUT2D eigenvalue weighted by atomic mass is 35.5. The van der Waals surface area contributed by atoms with Crippen molar-refractivity contribution in [3.05, 3.63) is 69.5 Å². The Bertz CT molecular complexity index is 632. The predicted octanol–water partition coefficient (Wildman–Crippen LogP) is 4.13. The van der Waals surface area contributed by atoms with Gasteiger partial charge in [0.2, 0.25) is 0 Å². The molecule has 0 aromatic heterocycles. The van der Waals surface area contributed by atoms with Crippen molar-refractivity contribution in [1.82, 2.24) is 10.6 Å². The highest BCUT2D eigenvalue weighted by Crippen LogP contribution is 2.15. The lowest BCUT2D eigenvalue weighted by atomic mass is 10.2. The highest BCUT2D eigenvalue weighted by molar-refractivity contribution is 6.31. The van der Waals surface area contributed by atoms with E-state index >= 15 is 0 Å². The molecule has 0 bridgehead atoms. The average Bonchev–Trinajstić information content (AvgIpc) is 2.48. The van der Waals surface area contributed by atoms with E-state index in [4.69, 9.17) is 23.2 Å². The molecule has 2 aromatic carbocycles. The molecular weight excluding hydrogens is 314 g/mol. The number of halogens is 3. The van der Waals surface area contributed by atoms with Gasteiger partial charge in [0.1, 0.15) is 5.82 Å². The molecule has 0 saturated heterocycles. The fourth-order valence-corrected chi connectivity index (χ4v) is 2.01. The number of carbonyl (C=O) groups is 1. The summed E-state index contributed by atoms with van der Waals surface area (Å²) in [5, 5.41) is 6.07. The summed E-state index contributed by atoms with van der Waals surface area (Å²) in [6.45, 7) is 0.666. The van der Waals surface area contributed by atoms with Crippen LogP contribution >= 0.6 is 23.2 Å². The van der Waals surface area contributed by atoms with Crippen molar-refractivity contribution < 1.29 is 9.18 Å². The van der Waals surface area contributed by atoms with Crippen LogP contribution in [0.2, 0.25) is 10.0 Å². The number of benzene rings is 2. The van der Waals surface area contributed by atoms with E-state index < -0.39 is 5.82 Å². The molecule has 0 radical (unpaired) electrons. The SMILES string of the molecule is O=C(NCc1ccc(Cl)cc1)NCc1ccc(F)c(Cl)c1. The van der Waals surface area contributed by atoms with Crippen LogP contribution in [0.15, 0.2) is 42.5 Å². The van der Waals surface area contributed by atoms with Crippen molar-refractivity contribution >= 4 is 29.2 Å². The minimum Gasteiger partial charge on any atom is -0.334 e. The number of nitrogens with one attached hydrogen (secondary N) is 2. The fraction of sp³-hybridized carbons (Fsp3) is 0.133. The van der Waals surface area contributed by atoms with E-state index in [1.807, 2.05) is 12.1 Å². The van der Waals surface area contributed by atoms with Gasteiger partial charge in [0.05, 0.1) is 5.02 Å². The number of hydrogen-bond acceptors (Lipinski definition) is 1. The van der Waals surface area contributed by atoms with Gasteiger partial charge in [-0.3, -0.25) is 0 Å². The molecule has 2 aromatic rings. The highest BCUT2D eigenvalue weighted by Gasteiger charge is 2.03. The Morgan fingerprint density at radius 1 is 0.952 bits per heavy atom. The van der Waals surface area contributed by atoms with Crippen LogP contribution in [-0.4, -0.2) is 6.03 Å². The minimum atomic E-state index is -0.479. The molecule has 21 heavy (non-hydrogen) atoms. The molecule has 2 amide bonds. The second kappa shape index (κ2) is 7.29. The van der Waals surface area contributed by atoms with E-state index in [-0.39, 0.29) is 17.6 Å². The van der Waals surface area contributed by atoms with Gasteiger partial charge < -0.3 is 10.6 Å². The van der Waals surface area contributed by atoms with Crippen LogP contribution in [-0.2, 0) is 13.1 Å². The Kier molecular flexibility index (Phi) is 5.42. The number of rotatable bonds is 4. The summed E-state index contributed by atoms with van der Waals surface area (Å²) in [5.74, 6) is -0.479. The van der Waals surface area contributed by atoms with Crippen LogP contribution in [0.3, 0.4) is 0 Å². The molecule has 3 nitrogen and oxygen atoms in total. The molecule has 0 saturated carbocycles. The molecule has 0 aliphatic heterocycles. The van der Waals surface area contributed by atoms with E-state index in [1.165, 1.54) is 12.1 Å². The first-order valence-corrected chi connectivity index (χ1v) is 7.00. The maximum Gasteiger partial charge on any atom is 0.315 e. The van der Waals surface area contributed by atoms with Crippen LogP contribution in [0.5, 0.6) is 0 Å². The Morgan fingerprint density at radius 2 is 1.52 bits per heavy atom. The van der Waals surface area contributed by atoms with Crippen molar-refractivity contribution in [2.75, 3.05) is 0 Å². The lowest BCUT2D eigenvalue weighted by Gasteiger charge is -2.08. The molecule has 0 fully saturated rings. The van der Waals surface area contributed by atoms with Crippen LogP contribution in [0.1, 0.15) is 11.1 Å². The number of hydrogen-bond donors (Lipinski definition) is 2. The third-order valence-electron chi connectivity index (χ3n) is 2.80. The Labute approximate surface area is 132 Å². The van der Waals surface area contributed by atoms with Crippen LogP contribution in [0, 0.1) is 5.82 Å². The standard InChI is InChI=1S/C15H13Cl2FN2O/c16-12-4-1-10(2-5-12)8-19-15(21)20-9-11-3-6-14(18)13(17)7-11/h1-7H,8-9H2,(H2,19,20,21). The van der Waals surface area contributed by atoms with Gasteiger partial charge in [0.15, 0.2) is 0 Å². The average molecular weight is 327 g/mol. The Hall–Kier alpha value is -1.78. The smallest absolute Gasteiger partial charge is 0.315 e. The molecule has 0 unspecified atom stereocenters. The van der Waals surface area contributed by atoms with E-state index in [2.05, 4.69) is 10.6 Å². The minimum absolute atomic E-state index is 0.0378. The molecule has 0 aliphatic carbocycles. The Balaban J connectivity index is 1.79. The topological polar surface area (TPSA) is 41.1 Å². The number of carbonyl (C=O) groups excluding carboxylic acids is 1. The second-order valence-electron chi connectivity index (χ2n) is 4.41. The van der Waals surface area contributed by atoms with E-state index in [0.717, 1.165) is 11.1 Å². The molecule has 0 spiro atoms. The van der Waals surface area contributed by atoms with Gasteiger partial charge in [-0.2, -0.15) is 0 Å². The van der Waals surface area contributed by atoms with Crippen LogP contribution in [0.25, 0.3) is 0 Å². The maximum absolute atomic E-state index is 13.0. The van der Waals surface area contributed by atoms with Gasteiger partial charge in [-0.15, -0.1) is 0 Å². The van der Waals surface area contributed by atoms with Crippen molar-refractivity contribution in [3.8, 4) is 0 Å². The molecule has 0 atom stereocenters. The van der Waals surface area contributed by atoms with Crippen molar-refractivity contribution in [1.29, 1.82) is 0 Å². The quantitative estimate of drug-likeness (QED) is 0.871. The molecule has 0 aliphatic rings. The monoisotopic (exact) mass is 326 g/mol. The van der Waals surface area contributed by atoms with E-state index in [0.29, 0.717) is 11.6 Å². The van der Waals surface area contributed by atoms with Crippen molar-refractivity contribution in [2.24, 2.45) is 0 Å². The first-order valence-electron chi connectivity index (χ1n) is 6.24. The molecule has 2 rings (SSSR count). The van der Waals surface area contributed by atoms with E-state index in [1.54, 1.807) is 18.2 Å². The first-order chi connectivity index (χ1) is 10.0. The molecule has 0 heterocycles. The van der Waals surface area contributed by atoms with Crippen LogP contribution in [0.4, 0.5) is 9.18 Å². The van der Waals surface area contributed by atoms with E-state index in [9.17, 15) is 9.18 Å². The first kappa shape index (κ1) is 15.6. The maximum atomic E-state index is 13.0. The van der Waals surface area contributed by atoms with Gasteiger partial charge in [-0.05, 0) is 35.4 Å². The second-order valence-corrected chi connectivity index (χ2v) is 5.25. The van der Waals surface area contributed by atoms with Crippen molar-refractivity contribution in [3.63, 3.8) is 0 Å². The summed E-state index contributed by atoms with van der Waals surface area (Å²) in [5.41, 5.74) is 1.67. The van der Waals surface area contributed by atoms with Gasteiger partial charge in [0.25, 0.3) is 0 Å². The van der Waals surface area contributed by atoms with Crippen molar-refractivity contribution in [2.45, 2.75) is 13.1 Å². The normalized spacial score (nSPS) is 10.2. The zero-order valence-electron chi connectivity index (χ0n) is 11.0. The lowest BCUT2D eigenvalue weighted by molar-refractivity contribution is 0.240. The summed E-state index contributed by atoms with van der Waals surface area (Å²) in [6.07, 6.45) is 0. The van der Waals surface area contributed by atoms with Gasteiger partial charge >= 0.3 is 6.03 Å².